The maximum atomic E-state index is 13.6. The minimum Gasteiger partial charge on any atom is -0.497 e. The second-order valence-corrected chi connectivity index (χ2v) is 8.82. The molecule has 0 unspecified atom stereocenters. The number of nitrogens with one attached hydrogen (secondary N) is 1. The molecule has 0 fully saturated rings. The molecule has 0 aliphatic carbocycles. The van der Waals surface area contributed by atoms with Crippen LogP contribution in [0, 0.1) is 0 Å². The number of anilines is 2. The van der Waals surface area contributed by atoms with Crippen LogP contribution in [0.15, 0.2) is 48.8 Å². The van der Waals surface area contributed by atoms with E-state index in [1.807, 2.05) is 24.3 Å². The van der Waals surface area contributed by atoms with E-state index in [1.54, 1.807) is 26.4 Å². The standard InChI is InChI=1S/C26H29F3N6O2.ClH/c1-16(2)30-8-9-35(18-10-19(36-4)13-20(11-18)37-5)17-6-7-22-23(12-17)32-24(14-31-22)21-15-34(3)33-25(21)26(27,28)29;/h6-7,10-16,30H,8-9H2,1-5H3;1H. The van der Waals surface area contributed by atoms with E-state index in [1.165, 1.54) is 19.4 Å². The van der Waals surface area contributed by atoms with Gasteiger partial charge >= 0.3 is 6.18 Å². The number of ether oxygens (including phenoxy) is 2. The zero-order valence-corrected chi connectivity index (χ0v) is 22.5. The van der Waals surface area contributed by atoms with Crippen molar-refractivity contribution in [1.29, 1.82) is 0 Å². The van der Waals surface area contributed by atoms with Crippen LogP contribution in [0.5, 0.6) is 11.5 Å². The first kappa shape index (κ1) is 29.0. The van der Waals surface area contributed by atoms with E-state index in [0.29, 0.717) is 41.7 Å². The minimum atomic E-state index is -4.61. The maximum absolute atomic E-state index is 13.6. The van der Waals surface area contributed by atoms with Gasteiger partial charge in [0.05, 0.1) is 42.7 Å². The number of nitrogens with zero attached hydrogens (tertiary/aromatic N) is 5. The van der Waals surface area contributed by atoms with Crippen LogP contribution in [0.25, 0.3) is 22.3 Å². The number of hydrogen-bond donors (Lipinski definition) is 1. The molecule has 4 rings (SSSR count). The molecule has 0 spiro atoms. The van der Waals surface area contributed by atoms with Crippen LogP contribution < -0.4 is 19.7 Å². The number of fused-ring (bicyclic) bond motifs is 1. The molecule has 0 radical (unpaired) electrons. The number of aryl methyl sites for hydroxylation is 1. The summed E-state index contributed by atoms with van der Waals surface area (Å²) in [5.74, 6) is 1.27. The van der Waals surface area contributed by atoms with Gasteiger partial charge in [-0.25, -0.2) is 4.98 Å². The Labute approximate surface area is 225 Å². The van der Waals surface area contributed by atoms with E-state index in [-0.39, 0.29) is 23.7 Å². The Bertz CT molecular complexity index is 1370. The van der Waals surface area contributed by atoms with Gasteiger partial charge in [0.25, 0.3) is 0 Å². The summed E-state index contributed by atoms with van der Waals surface area (Å²) in [7, 11) is 4.62. The Balaban J connectivity index is 0.00000400. The van der Waals surface area contributed by atoms with Crippen LogP contribution >= 0.6 is 12.4 Å². The van der Waals surface area contributed by atoms with E-state index < -0.39 is 11.9 Å². The van der Waals surface area contributed by atoms with Crippen molar-refractivity contribution in [2.24, 2.45) is 7.05 Å². The predicted molar refractivity (Wildman–Crippen MR) is 144 cm³/mol. The van der Waals surface area contributed by atoms with Gasteiger partial charge in [-0.05, 0) is 18.2 Å². The summed E-state index contributed by atoms with van der Waals surface area (Å²) in [6.07, 6.45) is -1.97. The van der Waals surface area contributed by atoms with Gasteiger partial charge in [-0.3, -0.25) is 9.67 Å². The van der Waals surface area contributed by atoms with Gasteiger partial charge in [-0.2, -0.15) is 18.3 Å². The second kappa shape index (κ2) is 11.9. The largest absolute Gasteiger partial charge is 0.497 e. The number of benzene rings is 2. The number of aromatic nitrogens is 4. The molecule has 12 heteroatoms. The van der Waals surface area contributed by atoms with E-state index >= 15 is 0 Å². The molecule has 0 saturated carbocycles. The molecule has 8 nitrogen and oxygen atoms in total. The first-order valence-corrected chi connectivity index (χ1v) is 11.7. The number of methoxy groups -OCH3 is 2. The molecule has 2 aromatic heterocycles. The number of halogens is 4. The van der Waals surface area contributed by atoms with Crippen LogP contribution in [0.4, 0.5) is 24.5 Å². The Morgan fingerprint density at radius 2 is 1.68 bits per heavy atom. The molecule has 2 heterocycles. The highest BCUT2D eigenvalue weighted by atomic mass is 35.5. The molecule has 0 amide bonds. The lowest BCUT2D eigenvalue weighted by Gasteiger charge is -2.27. The van der Waals surface area contributed by atoms with Crippen molar-refractivity contribution < 1.29 is 22.6 Å². The fraction of sp³-hybridized carbons (Fsp3) is 0.346. The van der Waals surface area contributed by atoms with Crippen LogP contribution in [0.2, 0.25) is 0 Å². The zero-order valence-electron chi connectivity index (χ0n) is 21.7. The topological polar surface area (TPSA) is 77.3 Å². The van der Waals surface area contributed by atoms with E-state index in [0.717, 1.165) is 16.1 Å². The SMILES string of the molecule is COc1cc(OC)cc(N(CCNC(C)C)c2ccc3ncc(-c4cn(C)nc4C(F)(F)F)nc3c2)c1.Cl. The molecule has 0 atom stereocenters. The highest BCUT2D eigenvalue weighted by Crippen LogP contribution is 2.37. The normalized spacial score (nSPS) is 11.5. The van der Waals surface area contributed by atoms with Crippen LogP contribution in [0.3, 0.4) is 0 Å². The van der Waals surface area contributed by atoms with Crippen molar-refractivity contribution in [2.45, 2.75) is 26.1 Å². The Morgan fingerprint density at radius 1 is 1.00 bits per heavy atom. The van der Waals surface area contributed by atoms with Crippen LogP contribution in [-0.2, 0) is 13.2 Å². The van der Waals surface area contributed by atoms with Crippen molar-refractivity contribution in [1.82, 2.24) is 25.1 Å². The average Bonchev–Trinajstić information content (AvgIpc) is 3.28. The fourth-order valence-corrected chi connectivity index (χ4v) is 4.00. The summed E-state index contributed by atoms with van der Waals surface area (Å²) in [6.45, 7) is 5.43. The molecule has 2 aromatic carbocycles. The maximum Gasteiger partial charge on any atom is 0.435 e. The monoisotopic (exact) mass is 550 g/mol. The lowest BCUT2D eigenvalue weighted by Crippen LogP contribution is -2.32. The van der Waals surface area contributed by atoms with Crippen molar-refractivity contribution >= 4 is 34.8 Å². The Morgan fingerprint density at radius 3 is 2.29 bits per heavy atom. The minimum absolute atomic E-state index is 0. The fourth-order valence-electron chi connectivity index (χ4n) is 4.00. The summed E-state index contributed by atoms with van der Waals surface area (Å²) in [5, 5.41) is 7.00. The van der Waals surface area contributed by atoms with Crippen molar-refractivity contribution in [3.8, 4) is 22.8 Å². The summed E-state index contributed by atoms with van der Waals surface area (Å²) >= 11 is 0. The van der Waals surface area contributed by atoms with Gasteiger partial charge in [0, 0.05) is 61.9 Å². The molecule has 1 N–H and O–H groups in total. The Hall–Kier alpha value is -3.57. The summed E-state index contributed by atoms with van der Waals surface area (Å²) in [4.78, 5) is 11.0. The second-order valence-electron chi connectivity index (χ2n) is 8.82. The highest BCUT2D eigenvalue weighted by molar-refractivity contribution is 5.85. The molecule has 4 aromatic rings. The number of rotatable bonds is 9. The molecule has 0 aliphatic rings. The predicted octanol–water partition coefficient (Wildman–Crippen LogP) is 5.62. The van der Waals surface area contributed by atoms with Gasteiger partial charge in [0.2, 0.25) is 0 Å². The van der Waals surface area contributed by atoms with E-state index in [2.05, 4.69) is 39.1 Å². The summed E-state index contributed by atoms with van der Waals surface area (Å²) in [6, 6.07) is 11.4. The van der Waals surface area contributed by atoms with E-state index in [9.17, 15) is 13.2 Å². The average molecular weight is 551 g/mol. The van der Waals surface area contributed by atoms with Crippen molar-refractivity contribution in [3.05, 3.63) is 54.5 Å². The first-order chi connectivity index (χ1) is 17.6. The highest BCUT2D eigenvalue weighted by Gasteiger charge is 2.37. The summed E-state index contributed by atoms with van der Waals surface area (Å²) < 4.78 is 52.7. The third-order valence-electron chi connectivity index (χ3n) is 5.75. The smallest absolute Gasteiger partial charge is 0.435 e. The molecular weight excluding hydrogens is 521 g/mol. The Kier molecular flexibility index (Phi) is 9.05. The van der Waals surface area contributed by atoms with Gasteiger partial charge in [-0.1, -0.05) is 13.8 Å². The third kappa shape index (κ3) is 6.46. The van der Waals surface area contributed by atoms with Crippen LogP contribution in [-0.4, -0.2) is 53.1 Å². The van der Waals surface area contributed by atoms with Gasteiger partial charge in [-0.15, -0.1) is 12.4 Å². The molecule has 38 heavy (non-hydrogen) atoms. The molecule has 204 valence electrons. The molecule has 0 saturated heterocycles. The van der Waals surface area contributed by atoms with Crippen molar-refractivity contribution in [2.75, 3.05) is 32.2 Å². The van der Waals surface area contributed by atoms with Crippen LogP contribution in [0.1, 0.15) is 19.5 Å². The molecule has 0 aliphatic heterocycles. The van der Waals surface area contributed by atoms with Crippen molar-refractivity contribution in [3.63, 3.8) is 0 Å². The zero-order chi connectivity index (χ0) is 26.7. The van der Waals surface area contributed by atoms with E-state index in [4.69, 9.17) is 9.47 Å². The lowest BCUT2D eigenvalue weighted by atomic mass is 10.1. The lowest BCUT2D eigenvalue weighted by molar-refractivity contribution is -0.141. The van der Waals surface area contributed by atoms with Gasteiger partial charge < -0.3 is 19.7 Å². The third-order valence-corrected chi connectivity index (χ3v) is 5.75. The van der Waals surface area contributed by atoms with Gasteiger partial charge in [0.15, 0.2) is 5.69 Å². The molecule has 0 bridgehead atoms. The molecular formula is C26H30ClF3N6O2. The van der Waals surface area contributed by atoms with Gasteiger partial charge in [0.1, 0.15) is 11.5 Å². The first-order valence-electron chi connectivity index (χ1n) is 11.7. The number of alkyl halides is 3. The summed E-state index contributed by atoms with van der Waals surface area (Å²) in [5.41, 5.74) is 1.63. The quantitative estimate of drug-likeness (QED) is 0.290. The number of hydrogen-bond acceptors (Lipinski definition) is 7.